The summed E-state index contributed by atoms with van der Waals surface area (Å²) < 4.78 is 1.84. The van der Waals surface area contributed by atoms with Crippen LogP contribution >= 0.6 is 0 Å². The van der Waals surface area contributed by atoms with Gasteiger partial charge in [-0.15, -0.1) is 0 Å². The van der Waals surface area contributed by atoms with Gasteiger partial charge in [0, 0.05) is 37.3 Å². The molecule has 132 valence electrons. The zero-order valence-corrected chi connectivity index (χ0v) is 15.0. The first-order valence-electron chi connectivity index (χ1n) is 9.21. The van der Waals surface area contributed by atoms with E-state index in [0.29, 0.717) is 12.5 Å². The predicted molar refractivity (Wildman–Crippen MR) is 97.0 cm³/mol. The highest BCUT2D eigenvalue weighted by molar-refractivity contribution is 5.77. The van der Waals surface area contributed by atoms with Crippen LogP contribution in [-0.4, -0.2) is 27.3 Å². The zero-order chi connectivity index (χ0) is 17.4. The molecule has 1 aromatic heterocycles. The molecule has 1 aliphatic heterocycles. The molecule has 0 spiro atoms. The minimum absolute atomic E-state index is 0.0465. The topological polar surface area (TPSA) is 50.2 Å². The van der Waals surface area contributed by atoms with E-state index < -0.39 is 0 Å². The number of fused-ring (bicyclic) bond motifs is 1. The van der Waals surface area contributed by atoms with Gasteiger partial charge in [0.05, 0.1) is 11.7 Å². The average molecular weight is 338 g/mol. The number of nitrogens with one attached hydrogen (secondary N) is 1. The molecule has 1 aromatic carbocycles. The summed E-state index contributed by atoms with van der Waals surface area (Å²) >= 11 is 0. The summed E-state index contributed by atoms with van der Waals surface area (Å²) in [5.74, 6) is 0.592. The van der Waals surface area contributed by atoms with E-state index in [1.165, 1.54) is 24.8 Å². The fourth-order valence-corrected chi connectivity index (χ4v) is 4.61. The Bertz CT molecular complexity index is 769. The molecule has 2 fully saturated rings. The lowest BCUT2D eigenvalue weighted by Gasteiger charge is -2.61. The molecule has 1 saturated heterocycles. The summed E-state index contributed by atoms with van der Waals surface area (Å²) in [6.45, 7) is 3.43. The van der Waals surface area contributed by atoms with Crippen LogP contribution in [0.1, 0.15) is 42.5 Å². The van der Waals surface area contributed by atoms with Gasteiger partial charge in [-0.1, -0.05) is 43.2 Å². The van der Waals surface area contributed by atoms with Crippen LogP contribution in [0.4, 0.5) is 4.79 Å². The zero-order valence-electron chi connectivity index (χ0n) is 15.0. The van der Waals surface area contributed by atoms with Crippen LogP contribution in [0.2, 0.25) is 0 Å². The van der Waals surface area contributed by atoms with E-state index in [-0.39, 0.29) is 11.6 Å². The van der Waals surface area contributed by atoms with Gasteiger partial charge >= 0.3 is 6.03 Å². The van der Waals surface area contributed by atoms with E-state index in [0.717, 1.165) is 24.2 Å². The van der Waals surface area contributed by atoms with Gasteiger partial charge in [-0.05, 0) is 25.3 Å². The number of rotatable bonds is 3. The summed E-state index contributed by atoms with van der Waals surface area (Å²) in [5, 5.41) is 7.37. The van der Waals surface area contributed by atoms with Crippen molar-refractivity contribution in [2.24, 2.45) is 13.0 Å². The molecule has 2 unspecified atom stereocenters. The van der Waals surface area contributed by atoms with E-state index >= 15 is 0 Å². The Morgan fingerprint density at radius 1 is 1.32 bits per heavy atom. The Labute approximate surface area is 149 Å². The van der Waals surface area contributed by atoms with Crippen LogP contribution in [0.25, 0.3) is 0 Å². The number of urea groups is 1. The third kappa shape index (κ3) is 2.53. The van der Waals surface area contributed by atoms with Gasteiger partial charge < -0.3 is 10.2 Å². The Balaban J connectivity index is 1.53. The molecule has 1 N–H and O–H groups in total. The molecule has 4 rings (SSSR count). The van der Waals surface area contributed by atoms with Crippen molar-refractivity contribution in [1.82, 2.24) is 20.0 Å². The molecular formula is C20H26N4O. The van der Waals surface area contributed by atoms with Gasteiger partial charge in [0.2, 0.25) is 0 Å². The minimum Gasteiger partial charge on any atom is -0.334 e. The number of nitrogens with zero attached hydrogens (tertiary/aromatic N) is 3. The monoisotopic (exact) mass is 338 g/mol. The van der Waals surface area contributed by atoms with Gasteiger partial charge in [0.15, 0.2) is 0 Å². The van der Waals surface area contributed by atoms with Crippen molar-refractivity contribution >= 4 is 6.03 Å². The highest BCUT2D eigenvalue weighted by Crippen LogP contribution is 2.53. The van der Waals surface area contributed by atoms with E-state index in [1.807, 2.05) is 30.9 Å². The maximum atomic E-state index is 12.9. The van der Waals surface area contributed by atoms with Gasteiger partial charge in [0.1, 0.15) is 0 Å². The van der Waals surface area contributed by atoms with Gasteiger partial charge in [-0.2, -0.15) is 5.10 Å². The van der Waals surface area contributed by atoms with Crippen LogP contribution in [0, 0.1) is 12.8 Å². The lowest BCUT2D eigenvalue weighted by atomic mass is 9.62. The largest absolute Gasteiger partial charge is 0.334 e. The second-order valence-electron chi connectivity index (χ2n) is 7.38. The summed E-state index contributed by atoms with van der Waals surface area (Å²) in [7, 11) is 1.92. The molecule has 5 nitrogen and oxygen atoms in total. The molecular weight excluding hydrogens is 312 g/mol. The molecule has 0 radical (unpaired) electrons. The van der Waals surface area contributed by atoms with Gasteiger partial charge in [0.25, 0.3) is 0 Å². The molecule has 5 heteroatoms. The first-order chi connectivity index (χ1) is 12.1. The number of aryl methyl sites for hydroxylation is 1. The summed E-state index contributed by atoms with van der Waals surface area (Å²) in [6, 6.07) is 10.6. The summed E-state index contributed by atoms with van der Waals surface area (Å²) in [5.41, 5.74) is 3.36. The maximum absolute atomic E-state index is 12.9. The number of benzene rings is 1. The number of hydrogen-bond donors (Lipinski definition) is 1. The fraction of sp³-hybridized carbons (Fsp3) is 0.500. The molecule has 1 saturated carbocycles. The number of aromatic nitrogens is 2. The molecule has 25 heavy (non-hydrogen) atoms. The molecule has 2 aromatic rings. The maximum Gasteiger partial charge on any atom is 0.318 e. The van der Waals surface area contributed by atoms with Crippen molar-refractivity contribution in [3.8, 4) is 0 Å². The van der Waals surface area contributed by atoms with Gasteiger partial charge in [-0.3, -0.25) is 4.68 Å². The SMILES string of the molecule is Cc1c(CNC(=O)N2CC3CCCCC32c2ccccc2)cnn1C. The summed E-state index contributed by atoms with van der Waals surface area (Å²) in [4.78, 5) is 15.0. The minimum atomic E-state index is -0.104. The third-order valence-electron chi connectivity index (χ3n) is 6.21. The Morgan fingerprint density at radius 2 is 2.12 bits per heavy atom. The Hall–Kier alpha value is -2.30. The van der Waals surface area contributed by atoms with Gasteiger partial charge in [-0.25, -0.2) is 4.79 Å². The van der Waals surface area contributed by atoms with E-state index in [1.54, 1.807) is 0 Å². The fourth-order valence-electron chi connectivity index (χ4n) is 4.61. The second kappa shape index (κ2) is 6.21. The van der Waals surface area contributed by atoms with E-state index in [2.05, 4.69) is 39.6 Å². The lowest BCUT2D eigenvalue weighted by Crippen LogP contribution is -2.69. The van der Waals surface area contributed by atoms with Crippen LogP contribution < -0.4 is 5.32 Å². The van der Waals surface area contributed by atoms with Crippen LogP contribution in [0.15, 0.2) is 36.5 Å². The number of carbonyl (C=O) groups excluding carboxylic acids is 1. The van der Waals surface area contributed by atoms with Crippen molar-refractivity contribution in [2.75, 3.05) is 6.54 Å². The highest BCUT2D eigenvalue weighted by Gasteiger charge is 2.56. The number of likely N-dealkylation sites (tertiary alicyclic amines) is 1. The summed E-state index contributed by atoms with van der Waals surface area (Å²) in [6.07, 6.45) is 6.60. The van der Waals surface area contributed by atoms with Crippen LogP contribution in [-0.2, 0) is 19.1 Å². The van der Waals surface area contributed by atoms with Crippen LogP contribution in [0.5, 0.6) is 0 Å². The number of amides is 2. The van der Waals surface area contributed by atoms with Crippen LogP contribution in [0.3, 0.4) is 0 Å². The standard InChI is InChI=1S/C20H26N4O/c1-15-16(13-22-23(15)2)12-21-19(25)24-14-18-10-6-7-11-20(18,24)17-8-4-3-5-9-17/h3-5,8-9,13,18H,6-7,10-12,14H2,1-2H3,(H,21,25). The van der Waals surface area contributed by atoms with Crippen molar-refractivity contribution in [3.63, 3.8) is 0 Å². The smallest absolute Gasteiger partial charge is 0.318 e. The molecule has 2 aliphatic rings. The molecule has 2 amide bonds. The normalized spacial score (nSPS) is 25.2. The van der Waals surface area contributed by atoms with E-state index in [9.17, 15) is 4.79 Å². The van der Waals surface area contributed by atoms with E-state index in [4.69, 9.17) is 0 Å². The Morgan fingerprint density at radius 3 is 2.80 bits per heavy atom. The quantitative estimate of drug-likeness (QED) is 0.933. The molecule has 2 atom stereocenters. The van der Waals surface area contributed by atoms with Crippen molar-refractivity contribution in [1.29, 1.82) is 0 Å². The second-order valence-corrected chi connectivity index (χ2v) is 7.38. The average Bonchev–Trinajstić information content (AvgIpc) is 2.94. The van der Waals surface area contributed by atoms with Crippen molar-refractivity contribution < 1.29 is 4.79 Å². The number of hydrogen-bond acceptors (Lipinski definition) is 2. The third-order valence-corrected chi connectivity index (χ3v) is 6.21. The predicted octanol–water partition coefficient (Wildman–Crippen LogP) is 3.34. The molecule has 1 aliphatic carbocycles. The number of carbonyl (C=O) groups is 1. The van der Waals surface area contributed by atoms with Crippen molar-refractivity contribution in [3.05, 3.63) is 53.3 Å². The lowest BCUT2D eigenvalue weighted by molar-refractivity contribution is -0.0794. The molecule has 2 heterocycles. The highest BCUT2D eigenvalue weighted by atomic mass is 16.2. The molecule has 0 bridgehead atoms. The first-order valence-corrected chi connectivity index (χ1v) is 9.21. The Kier molecular flexibility index (Phi) is 4.02. The van der Waals surface area contributed by atoms with Crippen molar-refractivity contribution in [2.45, 2.75) is 44.7 Å². The first kappa shape index (κ1) is 16.2.